The summed E-state index contributed by atoms with van der Waals surface area (Å²) in [4.78, 5) is 23.3. The summed E-state index contributed by atoms with van der Waals surface area (Å²) >= 11 is 1.65. The van der Waals surface area contributed by atoms with Gasteiger partial charge in [-0.3, -0.25) is 14.9 Å². The van der Waals surface area contributed by atoms with Gasteiger partial charge in [0.1, 0.15) is 0 Å². The van der Waals surface area contributed by atoms with Crippen LogP contribution in [-0.4, -0.2) is 36.8 Å². The van der Waals surface area contributed by atoms with Gasteiger partial charge < -0.3 is 14.8 Å². The molecule has 2 aromatic carbocycles. The summed E-state index contributed by atoms with van der Waals surface area (Å²) in [5, 5.41) is 13.6. The van der Waals surface area contributed by atoms with Crippen LogP contribution in [0.4, 0.5) is 5.69 Å². The molecule has 138 valence electrons. The molecule has 0 saturated heterocycles. The third kappa shape index (κ3) is 5.96. The van der Waals surface area contributed by atoms with Gasteiger partial charge in [0.05, 0.1) is 18.1 Å². The van der Waals surface area contributed by atoms with E-state index in [1.165, 1.54) is 30.9 Å². The highest BCUT2D eigenvalue weighted by Crippen LogP contribution is 2.31. The maximum Gasteiger partial charge on any atom is 0.273 e. The number of aryl methyl sites for hydroxylation is 1. The molecule has 0 aromatic heterocycles. The number of benzene rings is 2. The fraction of sp³-hybridized carbons (Fsp3) is 0.278. The van der Waals surface area contributed by atoms with E-state index >= 15 is 0 Å². The predicted octanol–water partition coefficient (Wildman–Crippen LogP) is 3.20. The summed E-state index contributed by atoms with van der Waals surface area (Å²) in [6, 6.07) is 12.2. The first-order chi connectivity index (χ1) is 12.5. The lowest BCUT2D eigenvalue weighted by Gasteiger charge is -2.10. The number of thioether (sulfide) groups is 1. The summed E-state index contributed by atoms with van der Waals surface area (Å²) in [5.41, 5.74) is 1.08. The Labute approximate surface area is 155 Å². The van der Waals surface area contributed by atoms with Crippen molar-refractivity contribution in [3.8, 4) is 11.5 Å². The molecule has 0 aliphatic carbocycles. The average molecular weight is 376 g/mol. The standard InChI is InChI=1S/C18H20N2O5S/c1-13-3-6-15(7-4-13)26-10-9-19-18(21)12-25-17-11-14(20(22)23)5-8-16(17)24-2/h3-8,11H,9-10,12H2,1-2H3,(H,19,21). The van der Waals surface area contributed by atoms with Crippen molar-refractivity contribution in [2.75, 3.05) is 26.0 Å². The minimum atomic E-state index is -0.533. The molecule has 2 rings (SSSR count). The van der Waals surface area contributed by atoms with Crippen LogP contribution in [0.5, 0.6) is 11.5 Å². The molecule has 0 fully saturated rings. The van der Waals surface area contributed by atoms with E-state index in [0.717, 1.165) is 10.6 Å². The van der Waals surface area contributed by atoms with Crippen LogP contribution in [0.2, 0.25) is 0 Å². The number of carbonyl (C=O) groups is 1. The number of nitro benzene ring substituents is 1. The molecule has 26 heavy (non-hydrogen) atoms. The van der Waals surface area contributed by atoms with Gasteiger partial charge in [-0.25, -0.2) is 0 Å². The van der Waals surface area contributed by atoms with Crippen molar-refractivity contribution in [1.82, 2.24) is 5.32 Å². The van der Waals surface area contributed by atoms with Crippen molar-refractivity contribution in [3.63, 3.8) is 0 Å². The maximum absolute atomic E-state index is 11.9. The number of nitro groups is 1. The van der Waals surface area contributed by atoms with Gasteiger partial charge in [-0.2, -0.15) is 0 Å². The van der Waals surface area contributed by atoms with Crippen LogP contribution in [0.15, 0.2) is 47.4 Å². The fourth-order valence-electron chi connectivity index (χ4n) is 2.08. The summed E-state index contributed by atoms with van der Waals surface area (Å²) in [6.45, 7) is 2.28. The number of carbonyl (C=O) groups excluding carboxylic acids is 1. The first-order valence-corrected chi connectivity index (χ1v) is 8.89. The molecule has 0 radical (unpaired) electrons. The second-order valence-electron chi connectivity index (χ2n) is 5.39. The highest BCUT2D eigenvalue weighted by Gasteiger charge is 2.13. The van der Waals surface area contributed by atoms with Crippen LogP contribution in [0.25, 0.3) is 0 Å². The Balaban J connectivity index is 1.77. The lowest BCUT2D eigenvalue weighted by atomic mass is 10.2. The Hall–Kier alpha value is -2.74. The van der Waals surface area contributed by atoms with Crippen molar-refractivity contribution in [2.24, 2.45) is 0 Å². The SMILES string of the molecule is COc1ccc([N+](=O)[O-])cc1OCC(=O)NCCSc1ccc(C)cc1. The number of methoxy groups -OCH3 is 1. The largest absolute Gasteiger partial charge is 0.493 e. The van der Waals surface area contributed by atoms with Crippen molar-refractivity contribution in [3.05, 3.63) is 58.1 Å². The van der Waals surface area contributed by atoms with E-state index in [2.05, 4.69) is 5.32 Å². The monoisotopic (exact) mass is 376 g/mol. The molecule has 0 atom stereocenters. The zero-order valence-corrected chi connectivity index (χ0v) is 15.4. The molecule has 0 aliphatic heterocycles. The minimum absolute atomic E-state index is 0.129. The lowest BCUT2D eigenvalue weighted by molar-refractivity contribution is -0.385. The number of hydrogen-bond donors (Lipinski definition) is 1. The van der Waals surface area contributed by atoms with Gasteiger partial charge in [0.25, 0.3) is 11.6 Å². The summed E-state index contributed by atoms with van der Waals surface area (Å²) < 4.78 is 10.4. The molecule has 0 unspecified atom stereocenters. The van der Waals surface area contributed by atoms with Gasteiger partial charge in [-0.05, 0) is 25.1 Å². The Morgan fingerprint density at radius 3 is 2.58 bits per heavy atom. The Bertz CT molecular complexity index is 765. The maximum atomic E-state index is 11.9. The summed E-state index contributed by atoms with van der Waals surface area (Å²) in [7, 11) is 1.43. The highest BCUT2D eigenvalue weighted by atomic mass is 32.2. The Morgan fingerprint density at radius 1 is 1.19 bits per heavy atom. The van der Waals surface area contributed by atoms with Crippen LogP contribution < -0.4 is 14.8 Å². The molecule has 0 bridgehead atoms. The van der Waals surface area contributed by atoms with E-state index in [4.69, 9.17) is 9.47 Å². The fourth-order valence-corrected chi connectivity index (χ4v) is 2.85. The highest BCUT2D eigenvalue weighted by molar-refractivity contribution is 7.99. The van der Waals surface area contributed by atoms with Crippen molar-refractivity contribution >= 4 is 23.4 Å². The molecule has 1 amide bonds. The van der Waals surface area contributed by atoms with Gasteiger partial charge >= 0.3 is 0 Å². The van der Waals surface area contributed by atoms with Crippen LogP contribution in [0.3, 0.4) is 0 Å². The van der Waals surface area contributed by atoms with Crippen molar-refractivity contribution in [2.45, 2.75) is 11.8 Å². The average Bonchev–Trinajstić information content (AvgIpc) is 2.64. The second-order valence-corrected chi connectivity index (χ2v) is 6.56. The number of non-ortho nitro benzene ring substituents is 1. The van der Waals surface area contributed by atoms with E-state index in [9.17, 15) is 14.9 Å². The molecule has 0 saturated carbocycles. The van der Waals surface area contributed by atoms with E-state index in [0.29, 0.717) is 12.3 Å². The van der Waals surface area contributed by atoms with Gasteiger partial charge in [0, 0.05) is 23.3 Å². The number of ether oxygens (including phenoxy) is 2. The topological polar surface area (TPSA) is 90.7 Å². The summed E-state index contributed by atoms with van der Waals surface area (Å²) in [5.74, 6) is 0.918. The zero-order valence-electron chi connectivity index (χ0n) is 14.6. The van der Waals surface area contributed by atoms with Crippen molar-refractivity contribution in [1.29, 1.82) is 0 Å². The van der Waals surface area contributed by atoms with E-state index in [1.54, 1.807) is 11.8 Å². The smallest absolute Gasteiger partial charge is 0.273 e. The first kappa shape index (κ1) is 19.6. The number of hydrogen-bond acceptors (Lipinski definition) is 6. The molecule has 1 N–H and O–H groups in total. The van der Waals surface area contributed by atoms with Gasteiger partial charge in [0.2, 0.25) is 0 Å². The number of amides is 1. The molecule has 0 heterocycles. The zero-order chi connectivity index (χ0) is 18.9. The molecular formula is C18H20N2O5S. The van der Waals surface area contributed by atoms with Gasteiger partial charge in [-0.15, -0.1) is 11.8 Å². The minimum Gasteiger partial charge on any atom is -0.493 e. The Kier molecular flexibility index (Phi) is 7.28. The predicted molar refractivity (Wildman–Crippen MR) is 100 cm³/mol. The van der Waals surface area contributed by atoms with Crippen molar-refractivity contribution < 1.29 is 19.2 Å². The van der Waals surface area contributed by atoms with E-state index in [-0.39, 0.29) is 24.0 Å². The quantitative estimate of drug-likeness (QED) is 0.313. The molecule has 7 nitrogen and oxygen atoms in total. The molecule has 8 heteroatoms. The first-order valence-electron chi connectivity index (χ1n) is 7.91. The number of nitrogens with one attached hydrogen (secondary N) is 1. The lowest BCUT2D eigenvalue weighted by Crippen LogP contribution is -2.30. The third-order valence-corrected chi connectivity index (χ3v) is 4.44. The molecular weight excluding hydrogens is 356 g/mol. The third-order valence-electron chi connectivity index (χ3n) is 3.43. The van der Waals surface area contributed by atoms with Crippen LogP contribution in [-0.2, 0) is 4.79 Å². The molecule has 0 aliphatic rings. The molecule has 0 spiro atoms. The normalized spacial score (nSPS) is 10.2. The van der Waals surface area contributed by atoms with Crippen LogP contribution >= 0.6 is 11.8 Å². The number of rotatable bonds is 9. The Morgan fingerprint density at radius 2 is 1.92 bits per heavy atom. The molecule has 2 aromatic rings. The van der Waals surface area contributed by atoms with Crippen LogP contribution in [0.1, 0.15) is 5.56 Å². The second kappa shape index (κ2) is 9.67. The van der Waals surface area contributed by atoms with E-state index < -0.39 is 4.92 Å². The number of nitrogens with zero attached hydrogens (tertiary/aromatic N) is 1. The summed E-state index contributed by atoms with van der Waals surface area (Å²) in [6.07, 6.45) is 0. The van der Waals surface area contributed by atoms with Gasteiger partial charge in [-0.1, -0.05) is 17.7 Å². The van der Waals surface area contributed by atoms with Crippen LogP contribution in [0, 0.1) is 17.0 Å². The van der Waals surface area contributed by atoms with Gasteiger partial charge in [0.15, 0.2) is 18.1 Å². The van der Waals surface area contributed by atoms with E-state index in [1.807, 2.05) is 31.2 Å².